The second-order valence-corrected chi connectivity index (χ2v) is 7.07. The third-order valence-electron chi connectivity index (χ3n) is 2.24. The molecule has 1 aliphatic heterocycles. The number of hydrogen-bond acceptors (Lipinski definition) is 4. The summed E-state index contributed by atoms with van der Waals surface area (Å²) in [4.78, 5) is 23.1. The molecule has 0 saturated heterocycles. The Balaban J connectivity index is 2.42. The van der Waals surface area contributed by atoms with Crippen LogP contribution in [0.3, 0.4) is 0 Å². The molecule has 90 valence electrons. The molecule has 1 unspecified atom stereocenters. The minimum absolute atomic E-state index is 0.245. The summed E-state index contributed by atoms with van der Waals surface area (Å²) >= 11 is 6.38. The molecule has 0 aromatic heterocycles. The molecule has 1 aromatic rings. The van der Waals surface area contributed by atoms with Gasteiger partial charge in [-0.3, -0.25) is 9.59 Å². The van der Waals surface area contributed by atoms with Gasteiger partial charge in [0.25, 0.3) is 6.29 Å². The Morgan fingerprint density at radius 2 is 2.06 bits per heavy atom. The topological polar surface area (TPSA) is 52.6 Å². The van der Waals surface area contributed by atoms with E-state index in [0.717, 1.165) is 0 Å². The average molecular weight is 364 g/mol. The molecule has 6 heteroatoms. The molecule has 1 aromatic carbocycles. The van der Waals surface area contributed by atoms with E-state index in [1.54, 1.807) is 24.3 Å². The van der Waals surface area contributed by atoms with Crippen LogP contribution >= 0.6 is 31.9 Å². The first-order valence-corrected chi connectivity index (χ1v) is 6.37. The van der Waals surface area contributed by atoms with E-state index in [2.05, 4.69) is 31.9 Å². The van der Waals surface area contributed by atoms with Crippen molar-refractivity contribution >= 4 is 43.6 Å². The van der Waals surface area contributed by atoms with Crippen LogP contribution in [0.2, 0.25) is 0 Å². The molecule has 1 atom stereocenters. The molecule has 1 heterocycles. The average Bonchev–Trinajstić information content (AvgIpc) is 2.26. The van der Waals surface area contributed by atoms with Crippen molar-refractivity contribution in [3.63, 3.8) is 0 Å². The lowest BCUT2D eigenvalue weighted by Crippen LogP contribution is -2.48. The highest BCUT2D eigenvalue weighted by atomic mass is 79.9. The zero-order valence-electron chi connectivity index (χ0n) is 8.78. The Morgan fingerprint density at radius 1 is 1.41 bits per heavy atom. The van der Waals surface area contributed by atoms with E-state index in [9.17, 15) is 9.59 Å². The standard InChI is InChI=1S/C11H8Br2O4/c1-6(14)16-10-11(12,13)9(15)7-4-2-3-5-8(7)17-10/h2-5,10H,1H3. The quantitative estimate of drug-likeness (QED) is 0.568. The predicted molar refractivity (Wildman–Crippen MR) is 67.5 cm³/mol. The molecule has 4 nitrogen and oxygen atoms in total. The summed E-state index contributed by atoms with van der Waals surface area (Å²) in [6.07, 6.45) is -1.04. The zero-order valence-corrected chi connectivity index (χ0v) is 11.9. The number of ether oxygens (including phenoxy) is 2. The van der Waals surface area contributed by atoms with Gasteiger partial charge in [0.05, 0.1) is 5.56 Å². The number of benzene rings is 1. The maximum atomic E-state index is 12.2. The lowest BCUT2D eigenvalue weighted by molar-refractivity contribution is -0.160. The first kappa shape index (κ1) is 12.6. The number of fused-ring (bicyclic) bond motifs is 1. The summed E-state index contributed by atoms with van der Waals surface area (Å²) in [5, 5.41) is 0. The Morgan fingerprint density at radius 3 is 2.71 bits per heavy atom. The summed E-state index contributed by atoms with van der Waals surface area (Å²) in [6, 6.07) is 6.78. The third-order valence-corrected chi connectivity index (χ3v) is 3.71. The summed E-state index contributed by atoms with van der Waals surface area (Å²) in [5.74, 6) is -0.366. The van der Waals surface area contributed by atoms with Crippen molar-refractivity contribution < 1.29 is 19.1 Å². The number of carbonyl (C=O) groups excluding carboxylic acids is 2. The summed E-state index contributed by atoms with van der Waals surface area (Å²) in [6.45, 7) is 1.25. The van der Waals surface area contributed by atoms with Gasteiger partial charge in [-0.1, -0.05) is 44.0 Å². The summed E-state index contributed by atoms with van der Waals surface area (Å²) in [7, 11) is 0. The first-order valence-electron chi connectivity index (χ1n) is 4.78. The molecular weight excluding hydrogens is 356 g/mol. The van der Waals surface area contributed by atoms with Crippen molar-refractivity contribution in [2.24, 2.45) is 0 Å². The third kappa shape index (κ3) is 2.24. The van der Waals surface area contributed by atoms with Gasteiger partial charge in [0.1, 0.15) is 5.75 Å². The number of carbonyl (C=O) groups is 2. The van der Waals surface area contributed by atoms with Gasteiger partial charge in [0.15, 0.2) is 0 Å². The number of hydrogen-bond donors (Lipinski definition) is 0. The number of alkyl halides is 2. The Bertz CT molecular complexity index is 484. The number of esters is 1. The fourth-order valence-corrected chi connectivity index (χ4v) is 2.28. The largest absolute Gasteiger partial charge is 0.451 e. The maximum Gasteiger partial charge on any atom is 0.305 e. The van der Waals surface area contributed by atoms with E-state index in [4.69, 9.17) is 9.47 Å². The van der Waals surface area contributed by atoms with Crippen LogP contribution in [0.15, 0.2) is 24.3 Å². The molecule has 0 fully saturated rings. The highest BCUT2D eigenvalue weighted by Crippen LogP contribution is 2.43. The van der Waals surface area contributed by atoms with Crippen molar-refractivity contribution in [2.75, 3.05) is 0 Å². The highest BCUT2D eigenvalue weighted by molar-refractivity contribution is 9.26. The van der Waals surface area contributed by atoms with Gasteiger partial charge in [0.2, 0.25) is 9.02 Å². The number of ketones is 1. The zero-order chi connectivity index (χ0) is 12.6. The highest BCUT2D eigenvalue weighted by Gasteiger charge is 2.50. The SMILES string of the molecule is CC(=O)OC1Oc2ccccc2C(=O)C1(Br)Br. The molecule has 0 spiro atoms. The van der Waals surface area contributed by atoms with E-state index >= 15 is 0 Å². The van der Waals surface area contributed by atoms with E-state index in [0.29, 0.717) is 11.3 Å². The van der Waals surface area contributed by atoms with Gasteiger partial charge in [-0.2, -0.15) is 0 Å². The summed E-state index contributed by atoms with van der Waals surface area (Å²) in [5.41, 5.74) is 0.435. The van der Waals surface area contributed by atoms with Crippen LogP contribution in [0.4, 0.5) is 0 Å². The van der Waals surface area contributed by atoms with Crippen molar-refractivity contribution in [1.82, 2.24) is 0 Å². The number of rotatable bonds is 1. The molecule has 1 aliphatic rings. The van der Waals surface area contributed by atoms with Gasteiger partial charge in [-0.05, 0) is 12.1 Å². The molecule has 0 N–H and O–H groups in total. The first-order chi connectivity index (χ1) is 7.93. The maximum absolute atomic E-state index is 12.2. The van der Waals surface area contributed by atoms with Crippen LogP contribution in [0.25, 0.3) is 0 Å². The molecule has 0 aliphatic carbocycles. The van der Waals surface area contributed by atoms with E-state index < -0.39 is 15.5 Å². The van der Waals surface area contributed by atoms with Crippen molar-refractivity contribution in [3.05, 3.63) is 29.8 Å². The molecule has 17 heavy (non-hydrogen) atoms. The molecular formula is C11H8Br2O4. The van der Waals surface area contributed by atoms with Gasteiger partial charge in [0, 0.05) is 6.92 Å². The predicted octanol–water partition coefficient (Wildman–Crippen LogP) is 2.64. The minimum Gasteiger partial charge on any atom is -0.451 e. The van der Waals surface area contributed by atoms with Gasteiger partial charge in [-0.25, -0.2) is 0 Å². The van der Waals surface area contributed by atoms with Crippen LogP contribution in [0.1, 0.15) is 17.3 Å². The molecule has 0 radical (unpaired) electrons. The Labute approximate surface area is 115 Å². The normalized spacial score (nSPS) is 21.4. The fourth-order valence-electron chi connectivity index (χ4n) is 1.48. The molecule has 0 saturated carbocycles. The van der Waals surface area contributed by atoms with Gasteiger partial charge in [-0.15, -0.1) is 0 Å². The van der Waals surface area contributed by atoms with E-state index in [1.807, 2.05) is 0 Å². The monoisotopic (exact) mass is 362 g/mol. The van der Waals surface area contributed by atoms with Crippen molar-refractivity contribution in [2.45, 2.75) is 16.4 Å². The van der Waals surface area contributed by atoms with Crippen LogP contribution in [0, 0.1) is 0 Å². The second-order valence-electron chi connectivity index (χ2n) is 3.51. The minimum atomic E-state index is -1.25. The Hall–Kier alpha value is -0.880. The number of para-hydroxylation sites is 1. The van der Waals surface area contributed by atoms with Crippen LogP contribution in [-0.2, 0) is 9.53 Å². The van der Waals surface area contributed by atoms with E-state index in [1.165, 1.54) is 6.92 Å². The molecule has 0 bridgehead atoms. The molecule has 2 rings (SSSR count). The number of Topliss-reactive ketones (excluding diaryl/α,β-unsaturated/α-hetero) is 1. The second kappa shape index (κ2) is 4.42. The Kier molecular flexibility index (Phi) is 3.27. The summed E-state index contributed by atoms with van der Waals surface area (Å²) < 4.78 is 9.18. The van der Waals surface area contributed by atoms with Gasteiger partial charge < -0.3 is 9.47 Å². The lowest BCUT2D eigenvalue weighted by Gasteiger charge is -2.33. The van der Waals surface area contributed by atoms with Crippen LogP contribution in [-0.4, -0.2) is 21.3 Å². The number of halogens is 2. The molecule has 0 amide bonds. The van der Waals surface area contributed by atoms with Crippen molar-refractivity contribution in [3.8, 4) is 5.75 Å². The lowest BCUT2D eigenvalue weighted by atomic mass is 10.0. The van der Waals surface area contributed by atoms with Crippen molar-refractivity contribution in [1.29, 1.82) is 0 Å². The fraction of sp³-hybridized carbons (Fsp3) is 0.273. The van der Waals surface area contributed by atoms with Crippen LogP contribution in [0.5, 0.6) is 5.75 Å². The van der Waals surface area contributed by atoms with Gasteiger partial charge >= 0.3 is 5.97 Å². The van der Waals surface area contributed by atoms with Crippen LogP contribution < -0.4 is 4.74 Å². The smallest absolute Gasteiger partial charge is 0.305 e. The van der Waals surface area contributed by atoms with E-state index in [-0.39, 0.29) is 5.78 Å².